The minimum absolute atomic E-state index is 0.179. The summed E-state index contributed by atoms with van der Waals surface area (Å²) in [5.74, 6) is 0.179. The van der Waals surface area contributed by atoms with Gasteiger partial charge < -0.3 is 5.32 Å². The molecule has 1 aromatic rings. The van der Waals surface area contributed by atoms with Crippen molar-refractivity contribution in [1.29, 1.82) is 0 Å². The maximum atomic E-state index is 12.2. The Morgan fingerprint density at radius 1 is 1.25 bits per heavy atom. The summed E-state index contributed by atoms with van der Waals surface area (Å²) in [6, 6.07) is 6.13. The molecule has 1 heterocycles. The first-order valence-electron chi connectivity index (χ1n) is 7.28. The van der Waals surface area contributed by atoms with Gasteiger partial charge in [0.2, 0.25) is 10.0 Å². The number of rotatable bonds is 5. The maximum absolute atomic E-state index is 12.2. The Balaban J connectivity index is 1.96. The Morgan fingerprint density at radius 3 is 2.55 bits per heavy atom. The number of sulfonamides is 1. The predicted octanol–water partition coefficient (Wildman–Crippen LogP) is 2.58. The normalized spacial score (nSPS) is 19.8. The van der Waals surface area contributed by atoms with Crippen LogP contribution in [0.1, 0.15) is 36.8 Å². The Bertz CT molecular complexity index is 529. The van der Waals surface area contributed by atoms with Crippen LogP contribution in [0.4, 0.5) is 5.69 Å². The van der Waals surface area contributed by atoms with Crippen molar-refractivity contribution >= 4 is 15.7 Å². The van der Waals surface area contributed by atoms with Crippen LogP contribution >= 0.6 is 0 Å². The molecule has 1 aliphatic rings. The summed E-state index contributed by atoms with van der Waals surface area (Å²) in [7, 11) is -3.27. The van der Waals surface area contributed by atoms with E-state index in [-0.39, 0.29) is 5.75 Å². The van der Waals surface area contributed by atoms with Gasteiger partial charge in [-0.2, -0.15) is 0 Å². The molecule has 4 nitrogen and oxygen atoms in total. The van der Waals surface area contributed by atoms with Gasteiger partial charge in [-0.15, -0.1) is 0 Å². The molecule has 1 saturated heterocycles. The summed E-state index contributed by atoms with van der Waals surface area (Å²) in [5.41, 5.74) is 2.65. The number of aryl methyl sites for hydroxylation is 2. The molecule has 0 aliphatic carbocycles. The topological polar surface area (TPSA) is 58.2 Å². The first kappa shape index (κ1) is 15.3. The van der Waals surface area contributed by atoms with Crippen LogP contribution in [0.5, 0.6) is 0 Å². The summed E-state index contributed by atoms with van der Waals surface area (Å²) in [4.78, 5) is 0. The number of benzene rings is 1. The predicted molar refractivity (Wildman–Crippen MR) is 83.6 cm³/mol. The van der Waals surface area contributed by atoms with Crippen LogP contribution < -0.4 is 10.0 Å². The lowest BCUT2D eigenvalue weighted by Gasteiger charge is -2.23. The van der Waals surface area contributed by atoms with Crippen molar-refractivity contribution in [3.63, 3.8) is 0 Å². The molecule has 1 atom stereocenters. The lowest BCUT2D eigenvalue weighted by atomic mass is 10.0. The van der Waals surface area contributed by atoms with Gasteiger partial charge in [0.25, 0.3) is 0 Å². The lowest BCUT2D eigenvalue weighted by Crippen LogP contribution is -2.36. The average Bonchev–Trinajstić information content (AvgIpc) is 2.42. The Labute approximate surface area is 122 Å². The van der Waals surface area contributed by atoms with E-state index in [4.69, 9.17) is 0 Å². The van der Waals surface area contributed by atoms with Crippen molar-refractivity contribution in [3.05, 3.63) is 29.3 Å². The highest BCUT2D eigenvalue weighted by atomic mass is 32.2. The third-order valence-electron chi connectivity index (χ3n) is 3.89. The summed E-state index contributed by atoms with van der Waals surface area (Å²) in [5, 5.41) is 3.39. The molecule has 0 aromatic heterocycles. The summed E-state index contributed by atoms with van der Waals surface area (Å²) in [6.07, 6.45) is 4.16. The van der Waals surface area contributed by atoms with Gasteiger partial charge in [0, 0.05) is 6.04 Å². The fraction of sp³-hybridized carbons (Fsp3) is 0.600. The Hall–Kier alpha value is -1.07. The van der Waals surface area contributed by atoms with Crippen LogP contribution in [-0.2, 0) is 10.0 Å². The van der Waals surface area contributed by atoms with Gasteiger partial charge >= 0.3 is 0 Å². The monoisotopic (exact) mass is 296 g/mol. The van der Waals surface area contributed by atoms with E-state index in [2.05, 4.69) is 10.0 Å². The molecule has 2 N–H and O–H groups in total. The zero-order valence-corrected chi connectivity index (χ0v) is 13.1. The van der Waals surface area contributed by atoms with Crippen molar-refractivity contribution < 1.29 is 8.42 Å². The molecule has 20 heavy (non-hydrogen) atoms. The Morgan fingerprint density at radius 2 is 1.95 bits per heavy atom. The van der Waals surface area contributed by atoms with Crippen LogP contribution in [-0.4, -0.2) is 26.8 Å². The smallest absolute Gasteiger partial charge is 0.232 e. The molecule has 0 spiro atoms. The van der Waals surface area contributed by atoms with E-state index in [0.29, 0.717) is 12.5 Å². The number of para-hydroxylation sites is 1. The van der Waals surface area contributed by atoms with Crippen LogP contribution in [0.25, 0.3) is 0 Å². The van der Waals surface area contributed by atoms with Crippen LogP contribution in [0, 0.1) is 13.8 Å². The molecule has 0 radical (unpaired) electrons. The fourth-order valence-corrected chi connectivity index (χ4v) is 3.98. The van der Waals surface area contributed by atoms with Gasteiger partial charge in [0.05, 0.1) is 11.4 Å². The Kier molecular flexibility index (Phi) is 5.05. The van der Waals surface area contributed by atoms with Gasteiger partial charge in [-0.1, -0.05) is 24.6 Å². The van der Waals surface area contributed by atoms with E-state index >= 15 is 0 Å². The molecule has 1 aliphatic heterocycles. The van der Waals surface area contributed by atoms with E-state index in [1.165, 1.54) is 12.8 Å². The first-order chi connectivity index (χ1) is 9.48. The lowest BCUT2D eigenvalue weighted by molar-refractivity contribution is 0.393. The van der Waals surface area contributed by atoms with Gasteiger partial charge in [0.15, 0.2) is 0 Å². The third kappa shape index (κ3) is 4.21. The number of nitrogens with one attached hydrogen (secondary N) is 2. The second-order valence-electron chi connectivity index (χ2n) is 5.62. The number of hydrogen-bond acceptors (Lipinski definition) is 3. The highest BCUT2D eigenvalue weighted by Crippen LogP contribution is 2.21. The number of piperidine rings is 1. The number of hydrogen-bond donors (Lipinski definition) is 2. The molecule has 5 heteroatoms. The van der Waals surface area contributed by atoms with Gasteiger partial charge in [-0.3, -0.25) is 4.72 Å². The molecule has 0 saturated carbocycles. The van der Waals surface area contributed by atoms with E-state index in [1.807, 2.05) is 32.0 Å². The highest BCUT2D eigenvalue weighted by Gasteiger charge is 2.18. The largest absolute Gasteiger partial charge is 0.314 e. The minimum atomic E-state index is -3.27. The highest BCUT2D eigenvalue weighted by molar-refractivity contribution is 7.92. The van der Waals surface area contributed by atoms with Crippen LogP contribution in [0.3, 0.4) is 0 Å². The second kappa shape index (κ2) is 6.59. The van der Waals surface area contributed by atoms with Crippen molar-refractivity contribution in [2.45, 2.75) is 45.6 Å². The molecular formula is C15H24N2O2S. The second-order valence-corrected chi connectivity index (χ2v) is 7.47. The van der Waals surface area contributed by atoms with Crippen molar-refractivity contribution in [1.82, 2.24) is 5.32 Å². The fourth-order valence-electron chi connectivity index (χ4n) is 2.65. The van der Waals surface area contributed by atoms with Gasteiger partial charge in [-0.05, 0) is 50.8 Å². The van der Waals surface area contributed by atoms with E-state index in [1.54, 1.807) is 0 Å². The standard InChI is InChI=1S/C15H24N2O2S/c1-12-6-5-7-13(2)15(12)17-20(18,19)11-9-14-8-3-4-10-16-14/h5-7,14,16-17H,3-4,8-11H2,1-2H3. The molecule has 2 rings (SSSR count). The first-order valence-corrected chi connectivity index (χ1v) is 8.93. The zero-order valence-electron chi connectivity index (χ0n) is 12.3. The maximum Gasteiger partial charge on any atom is 0.232 e. The summed E-state index contributed by atoms with van der Waals surface area (Å²) in [6.45, 7) is 4.86. The van der Waals surface area contributed by atoms with Gasteiger partial charge in [0.1, 0.15) is 0 Å². The van der Waals surface area contributed by atoms with E-state index in [0.717, 1.165) is 29.8 Å². The summed E-state index contributed by atoms with van der Waals surface area (Å²) >= 11 is 0. The molecular weight excluding hydrogens is 272 g/mol. The van der Waals surface area contributed by atoms with E-state index in [9.17, 15) is 8.42 Å². The molecule has 1 fully saturated rings. The van der Waals surface area contributed by atoms with Crippen LogP contribution in [0.15, 0.2) is 18.2 Å². The SMILES string of the molecule is Cc1cccc(C)c1NS(=O)(=O)CCC1CCCCN1. The van der Waals surface area contributed by atoms with Crippen molar-refractivity contribution in [2.75, 3.05) is 17.0 Å². The average molecular weight is 296 g/mol. The quantitative estimate of drug-likeness (QED) is 0.878. The molecule has 1 aromatic carbocycles. The van der Waals surface area contributed by atoms with Gasteiger partial charge in [-0.25, -0.2) is 8.42 Å². The molecule has 0 amide bonds. The van der Waals surface area contributed by atoms with Crippen molar-refractivity contribution in [3.8, 4) is 0 Å². The molecule has 1 unspecified atom stereocenters. The third-order valence-corrected chi connectivity index (χ3v) is 5.17. The molecule has 0 bridgehead atoms. The van der Waals surface area contributed by atoms with E-state index < -0.39 is 10.0 Å². The molecule has 112 valence electrons. The summed E-state index contributed by atoms with van der Waals surface area (Å²) < 4.78 is 27.2. The minimum Gasteiger partial charge on any atom is -0.314 e. The zero-order chi connectivity index (χ0) is 14.6. The van der Waals surface area contributed by atoms with Crippen LogP contribution in [0.2, 0.25) is 0 Å². The number of anilines is 1. The van der Waals surface area contributed by atoms with Crippen molar-refractivity contribution in [2.24, 2.45) is 0 Å².